The van der Waals surface area contributed by atoms with E-state index in [0.29, 0.717) is 6.54 Å². The average Bonchev–Trinajstić information content (AvgIpc) is 3.01. The molecule has 3 heteroatoms. The molecule has 0 radical (unpaired) electrons. The van der Waals surface area contributed by atoms with Crippen molar-refractivity contribution >= 4 is 28.3 Å². The molecule has 0 saturated carbocycles. The Morgan fingerprint density at radius 3 is 2.27 bits per heavy atom. The van der Waals surface area contributed by atoms with Gasteiger partial charge in [-0.25, -0.2) is 0 Å². The molecule has 1 fully saturated rings. The van der Waals surface area contributed by atoms with Crippen LogP contribution in [0.2, 0.25) is 5.02 Å². The Kier molecular flexibility index (Phi) is 2.88. The Labute approximate surface area is 92.9 Å². The van der Waals surface area contributed by atoms with Crippen LogP contribution in [-0.4, -0.2) is 12.5 Å². The van der Waals surface area contributed by atoms with E-state index in [2.05, 4.69) is 17.4 Å². The summed E-state index contributed by atoms with van der Waals surface area (Å²) in [5.41, 5.74) is 0. The lowest BCUT2D eigenvalue weighted by Gasteiger charge is -1.95. The fourth-order valence-corrected chi connectivity index (χ4v) is 1.38. The quantitative estimate of drug-likeness (QED) is 0.680. The summed E-state index contributed by atoms with van der Waals surface area (Å²) >= 11 is 5.82. The summed E-state index contributed by atoms with van der Waals surface area (Å²) in [5, 5.41) is 5.68. The van der Waals surface area contributed by atoms with Crippen LogP contribution in [0.25, 0.3) is 10.8 Å². The van der Waals surface area contributed by atoms with E-state index >= 15 is 0 Å². The zero-order valence-corrected chi connectivity index (χ0v) is 8.79. The minimum absolute atomic E-state index is 0.167. The number of hydrogen-bond donors (Lipinski definition) is 1. The van der Waals surface area contributed by atoms with Crippen LogP contribution < -0.4 is 5.32 Å². The number of carbonyl (C=O) groups excluding carboxylic acids is 1. The molecule has 0 spiro atoms. The van der Waals surface area contributed by atoms with Gasteiger partial charge in [0.1, 0.15) is 0 Å². The number of fused-ring (bicyclic) bond motifs is 1. The molecule has 1 aliphatic heterocycles. The van der Waals surface area contributed by atoms with Crippen molar-refractivity contribution < 1.29 is 4.79 Å². The zero-order valence-electron chi connectivity index (χ0n) is 8.03. The van der Waals surface area contributed by atoms with Crippen LogP contribution in [0.1, 0.15) is 0 Å². The van der Waals surface area contributed by atoms with E-state index < -0.39 is 0 Å². The fourth-order valence-electron chi connectivity index (χ4n) is 1.20. The molecule has 1 saturated heterocycles. The van der Waals surface area contributed by atoms with Crippen LogP contribution in [-0.2, 0) is 4.79 Å². The van der Waals surface area contributed by atoms with E-state index in [-0.39, 0.29) is 5.91 Å². The van der Waals surface area contributed by atoms with Crippen molar-refractivity contribution in [1.29, 1.82) is 0 Å². The summed E-state index contributed by atoms with van der Waals surface area (Å²) in [6, 6.07) is 14.1. The van der Waals surface area contributed by atoms with Gasteiger partial charge in [-0.15, -0.1) is 0 Å². The van der Waals surface area contributed by atoms with Gasteiger partial charge in [-0.1, -0.05) is 41.9 Å². The van der Waals surface area contributed by atoms with Crippen molar-refractivity contribution in [3.8, 4) is 0 Å². The highest BCUT2D eigenvalue weighted by molar-refractivity contribution is 6.31. The van der Waals surface area contributed by atoms with Gasteiger partial charge in [-0.05, 0) is 22.9 Å². The van der Waals surface area contributed by atoms with Crippen molar-refractivity contribution in [2.45, 2.75) is 0 Å². The molecule has 2 aromatic rings. The van der Waals surface area contributed by atoms with E-state index in [1.807, 2.05) is 30.3 Å². The maximum absolute atomic E-state index is 9.44. The summed E-state index contributed by atoms with van der Waals surface area (Å²) < 4.78 is 0. The van der Waals surface area contributed by atoms with Crippen molar-refractivity contribution in [1.82, 2.24) is 5.32 Å². The standard InChI is InChI=1S/C10H7Cl.C2H3NO/c11-10-6-5-8-3-1-2-4-9(8)7-10;4-2-1-3-2/h1-7H;1H2,(H,3,4). The van der Waals surface area contributed by atoms with Gasteiger partial charge in [-0.3, -0.25) is 4.79 Å². The Balaban J connectivity index is 0.000000179. The van der Waals surface area contributed by atoms with E-state index in [0.717, 1.165) is 5.02 Å². The van der Waals surface area contributed by atoms with Crippen LogP contribution in [0.15, 0.2) is 42.5 Å². The van der Waals surface area contributed by atoms with Crippen LogP contribution >= 0.6 is 11.6 Å². The van der Waals surface area contributed by atoms with Crippen molar-refractivity contribution in [2.24, 2.45) is 0 Å². The molecule has 2 aromatic carbocycles. The SMILES string of the molecule is Clc1ccc2ccccc2c1.O=C1CN1. The predicted molar refractivity (Wildman–Crippen MR) is 62.0 cm³/mol. The summed E-state index contributed by atoms with van der Waals surface area (Å²) in [5.74, 6) is 0.167. The molecule has 1 N–H and O–H groups in total. The van der Waals surface area contributed by atoms with Gasteiger partial charge in [0.05, 0.1) is 6.54 Å². The van der Waals surface area contributed by atoms with Gasteiger partial charge in [0.15, 0.2) is 0 Å². The molecule has 1 amide bonds. The first-order chi connectivity index (χ1) is 7.25. The second-order valence-corrected chi connectivity index (χ2v) is 3.70. The van der Waals surface area contributed by atoms with Gasteiger partial charge in [0.2, 0.25) is 5.91 Å². The first kappa shape index (κ1) is 9.99. The molecule has 1 aliphatic rings. The monoisotopic (exact) mass is 219 g/mol. The van der Waals surface area contributed by atoms with Gasteiger partial charge in [0, 0.05) is 5.02 Å². The maximum atomic E-state index is 9.44. The molecular formula is C12H10ClNO. The first-order valence-electron chi connectivity index (χ1n) is 4.67. The smallest absolute Gasteiger partial charge is 0.239 e. The minimum Gasteiger partial charge on any atom is -0.346 e. The van der Waals surface area contributed by atoms with Gasteiger partial charge < -0.3 is 5.32 Å². The molecule has 0 atom stereocenters. The lowest BCUT2D eigenvalue weighted by atomic mass is 10.1. The van der Waals surface area contributed by atoms with Crippen molar-refractivity contribution in [2.75, 3.05) is 6.54 Å². The van der Waals surface area contributed by atoms with Crippen LogP contribution in [0.5, 0.6) is 0 Å². The second kappa shape index (κ2) is 4.32. The first-order valence-corrected chi connectivity index (χ1v) is 5.04. The molecular weight excluding hydrogens is 210 g/mol. The number of hydrogen-bond acceptors (Lipinski definition) is 1. The summed E-state index contributed by atoms with van der Waals surface area (Å²) in [7, 11) is 0. The highest BCUT2D eigenvalue weighted by Crippen LogP contribution is 2.18. The highest BCUT2D eigenvalue weighted by Gasteiger charge is 2.10. The predicted octanol–water partition coefficient (Wildman–Crippen LogP) is 2.61. The Hall–Kier alpha value is -1.54. The lowest BCUT2D eigenvalue weighted by Crippen LogP contribution is -1.69. The number of rotatable bonds is 0. The van der Waals surface area contributed by atoms with Crippen LogP contribution in [0.4, 0.5) is 0 Å². The molecule has 15 heavy (non-hydrogen) atoms. The molecule has 0 bridgehead atoms. The molecule has 3 rings (SSSR count). The Bertz CT molecular complexity index is 490. The van der Waals surface area contributed by atoms with Gasteiger partial charge in [-0.2, -0.15) is 0 Å². The summed E-state index contributed by atoms with van der Waals surface area (Å²) in [6.45, 7) is 0.597. The molecule has 0 aromatic heterocycles. The molecule has 2 nitrogen and oxygen atoms in total. The number of halogens is 1. The van der Waals surface area contributed by atoms with Crippen molar-refractivity contribution in [3.05, 3.63) is 47.5 Å². The van der Waals surface area contributed by atoms with Gasteiger partial charge in [0.25, 0.3) is 0 Å². The molecule has 0 unspecified atom stereocenters. The topological polar surface area (TPSA) is 39.0 Å². The zero-order chi connectivity index (χ0) is 10.7. The average molecular weight is 220 g/mol. The minimum atomic E-state index is 0.167. The third-order valence-electron chi connectivity index (χ3n) is 2.03. The number of nitrogens with one attached hydrogen (secondary N) is 1. The summed E-state index contributed by atoms with van der Waals surface area (Å²) in [6.07, 6.45) is 0. The number of amides is 1. The summed E-state index contributed by atoms with van der Waals surface area (Å²) in [4.78, 5) is 9.44. The van der Waals surface area contributed by atoms with Crippen molar-refractivity contribution in [3.63, 3.8) is 0 Å². The van der Waals surface area contributed by atoms with Gasteiger partial charge >= 0.3 is 0 Å². The second-order valence-electron chi connectivity index (χ2n) is 3.27. The molecule has 1 heterocycles. The third-order valence-corrected chi connectivity index (χ3v) is 2.27. The fraction of sp³-hybridized carbons (Fsp3) is 0.0833. The number of carbonyl (C=O) groups is 1. The molecule has 0 aliphatic carbocycles. The van der Waals surface area contributed by atoms with E-state index in [4.69, 9.17) is 11.6 Å². The third kappa shape index (κ3) is 2.96. The Morgan fingerprint density at radius 1 is 1.07 bits per heavy atom. The highest BCUT2D eigenvalue weighted by atomic mass is 35.5. The number of benzene rings is 2. The van der Waals surface area contributed by atoms with Crippen LogP contribution in [0.3, 0.4) is 0 Å². The lowest BCUT2D eigenvalue weighted by molar-refractivity contribution is -0.110. The largest absolute Gasteiger partial charge is 0.346 e. The molecule has 76 valence electrons. The van der Waals surface area contributed by atoms with E-state index in [1.54, 1.807) is 0 Å². The van der Waals surface area contributed by atoms with E-state index in [1.165, 1.54) is 10.8 Å². The normalized spacial score (nSPS) is 12.7. The van der Waals surface area contributed by atoms with Crippen LogP contribution in [0, 0.1) is 0 Å². The Morgan fingerprint density at radius 2 is 1.67 bits per heavy atom. The maximum Gasteiger partial charge on any atom is 0.239 e. The van der Waals surface area contributed by atoms with E-state index in [9.17, 15) is 4.79 Å².